The molecule has 7 heterocycles. The highest BCUT2D eigenvalue weighted by molar-refractivity contribution is 6.33. The van der Waals surface area contributed by atoms with E-state index >= 15 is 0 Å². The van der Waals surface area contributed by atoms with E-state index in [0.717, 1.165) is 47.7 Å². The van der Waals surface area contributed by atoms with Crippen molar-refractivity contribution in [2.45, 2.75) is 77.2 Å². The van der Waals surface area contributed by atoms with Gasteiger partial charge in [0.05, 0.1) is 93.6 Å². The molecule has 0 bridgehead atoms. The Kier molecular flexibility index (Phi) is 14.7. The lowest BCUT2D eigenvalue weighted by Gasteiger charge is -2.23. The highest BCUT2D eigenvalue weighted by atomic mass is 35.5. The molecule has 4 aromatic heterocycles. The summed E-state index contributed by atoms with van der Waals surface area (Å²) in [5, 5.41) is 13.8. The number of anilines is 4. The first-order valence-electron chi connectivity index (χ1n) is 22.4. The number of hydrogen-bond acceptors (Lipinski definition) is 12. The van der Waals surface area contributed by atoms with Crippen molar-refractivity contribution in [1.82, 2.24) is 30.6 Å². The van der Waals surface area contributed by atoms with E-state index in [-0.39, 0.29) is 30.0 Å². The molecule has 68 heavy (non-hydrogen) atoms. The maximum atomic E-state index is 13.1. The third-order valence-corrected chi connectivity index (χ3v) is 12.5. The molecule has 0 spiro atoms. The fraction of sp³-hybridized carbons (Fsp3) is 0.360. The van der Waals surface area contributed by atoms with E-state index < -0.39 is 5.60 Å². The van der Waals surface area contributed by atoms with Gasteiger partial charge in [0.2, 0.25) is 0 Å². The number of carbonyl (C=O) groups excluding carboxylic acids is 2. The molecule has 3 atom stereocenters. The molecular formula is C50H56Cl2N8O8. The number of aromatic amines is 2. The molecule has 3 aliphatic heterocycles. The number of aromatic nitrogens is 4. The summed E-state index contributed by atoms with van der Waals surface area (Å²) in [7, 11) is 4.77. The zero-order chi connectivity index (χ0) is 48.1. The normalized spacial score (nSPS) is 17.5. The first kappa shape index (κ1) is 48.0. The average Bonchev–Trinajstić information content (AvgIpc) is 4.06. The van der Waals surface area contributed by atoms with Crippen LogP contribution in [0.2, 0.25) is 10.0 Å². The lowest BCUT2D eigenvalue weighted by molar-refractivity contribution is -0.0146. The van der Waals surface area contributed by atoms with Crippen molar-refractivity contribution in [3.63, 3.8) is 0 Å². The van der Waals surface area contributed by atoms with Crippen molar-refractivity contribution in [2.24, 2.45) is 0 Å². The summed E-state index contributed by atoms with van der Waals surface area (Å²) in [4.78, 5) is 41.6. The maximum absolute atomic E-state index is 13.1. The van der Waals surface area contributed by atoms with Crippen LogP contribution in [0.3, 0.4) is 0 Å². The lowest BCUT2D eigenvalue weighted by atomic mass is 10.0. The van der Waals surface area contributed by atoms with E-state index in [4.69, 9.17) is 51.6 Å². The number of methoxy groups -OCH3 is 3. The Morgan fingerprint density at radius 1 is 0.735 bits per heavy atom. The Balaban J connectivity index is 0.000000184. The Hall–Kier alpha value is -6.46. The zero-order valence-corrected chi connectivity index (χ0v) is 40.5. The third kappa shape index (κ3) is 10.3. The number of pyridine rings is 2. The van der Waals surface area contributed by atoms with Crippen molar-refractivity contribution in [3.8, 4) is 45.5 Å². The first-order chi connectivity index (χ1) is 32.8. The van der Waals surface area contributed by atoms with Crippen LogP contribution in [0.15, 0.2) is 73.3 Å². The number of ether oxygens (including phenoxy) is 6. The van der Waals surface area contributed by atoms with Gasteiger partial charge in [0, 0.05) is 73.6 Å². The van der Waals surface area contributed by atoms with Crippen LogP contribution in [0.4, 0.5) is 22.7 Å². The Morgan fingerprint density at radius 2 is 1.24 bits per heavy atom. The van der Waals surface area contributed by atoms with E-state index in [1.807, 2.05) is 64.1 Å². The number of para-hydroxylation sites is 2. The van der Waals surface area contributed by atoms with Gasteiger partial charge in [-0.15, -0.1) is 0 Å². The van der Waals surface area contributed by atoms with Crippen LogP contribution >= 0.6 is 23.2 Å². The summed E-state index contributed by atoms with van der Waals surface area (Å²) < 4.78 is 34.5. The first-order valence-corrected chi connectivity index (χ1v) is 23.2. The van der Waals surface area contributed by atoms with Crippen molar-refractivity contribution < 1.29 is 38.0 Å². The van der Waals surface area contributed by atoms with Crippen LogP contribution in [-0.4, -0.2) is 96.7 Å². The average molecular weight is 968 g/mol. The van der Waals surface area contributed by atoms with Crippen LogP contribution in [0.1, 0.15) is 72.6 Å². The number of carbonyl (C=O) groups is 2. The minimum atomic E-state index is -0.480. The predicted molar refractivity (Wildman–Crippen MR) is 263 cm³/mol. The molecule has 0 radical (unpaired) electrons. The van der Waals surface area contributed by atoms with Crippen LogP contribution in [0.25, 0.3) is 22.5 Å². The van der Waals surface area contributed by atoms with E-state index in [2.05, 4.69) is 41.2 Å². The second-order valence-corrected chi connectivity index (χ2v) is 18.3. The van der Waals surface area contributed by atoms with Crippen molar-refractivity contribution in [1.29, 1.82) is 0 Å². The molecule has 9 rings (SSSR count). The largest absolute Gasteiger partial charge is 0.493 e. The van der Waals surface area contributed by atoms with Gasteiger partial charge in [0.25, 0.3) is 11.8 Å². The molecule has 1 unspecified atom stereocenters. The fourth-order valence-electron chi connectivity index (χ4n) is 8.44. The second kappa shape index (κ2) is 20.8. The Labute approximate surface area is 405 Å². The van der Waals surface area contributed by atoms with E-state index in [1.54, 1.807) is 58.2 Å². The van der Waals surface area contributed by atoms with Crippen LogP contribution in [0.5, 0.6) is 23.0 Å². The smallest absolute Gasteiger partial charge is 0.255 e. The molecule has 6 aromatic rings. The number of halogens is 2. The number of nitrogens with one attached hydrogen (secondary N) is 6. The molecule has 2 aromatic carbocycles. The van der Waals surface area contributed by atoms with E-state index in [1.165, 1.54) is 0 Å². The summed E-state index contributed by atoms with van der Waals surface area (Å²) >= 11 is 12.7. The number of fused-ring (bicyclic) bond motifs is 2. The fourth-order valence-corrected chi connectivity index (χ4v) is 8.95. The number of benzene rings is 2. The van der Waals surface area contributed by atoms with E-state index in [0.29, 0.717) is 98.7 Å². The maximum Gasteiger partial charge on any atom is 0.255 e. The van der Waals surface area contributed by atoms with Crippen molar-refractivity contribution in [2.75, 3.05) is 51.8 Å². The standard InChI is InChI=1S/C25H27ClN4O4.C25H29ClN4O4/c1-14-11-19-21(25(31)28-14)23(29-18-7-3-6-17(26)24(18)32-2)22(30-19)16-8-9-27-12-20(16)34-13-15-5-4-10-33-15;1-14-11-18-20(24(31)28-14)22(29-17-8-6-7-16(26)23(17)32-4)21(30-18)15-9-10-27-12-19(15)34-13-25(2,3)33-5/h3,6-9,12,14-15,29-30H,4-5,10-11,13H2,1-2H3,(H,28,31);6-10,12,14,29-30H,11,13H2,1-5H3,(H,28,31)/t14?,15-;14-/m01/s1. The van der Waals surface area contributed by atoms with E-state index in [9.17, 15) is 9.59 Å². The van der Waals surface area contributed by atoms with Crippen LogP contribution in [-0.2, 0) is 22.3 Å². The van der Waals surface area contributed by atoms with Gasteiger partial charge in [-0.05, 0) is 76.9 Å². The zero-order valence-electron chi connectivity index (χ0n) is 39.0. The van der Waals surface area contributed by atoms with Gasteiger partial charge in [-0.2, -0.15) is 0 Å². The Morgan fingerprint density at radius 3 is 1.69 bits per heavy atom. The predicted octanol–water partition coefficient (Wildman–Crippen LogP) is 9.68. The summed E-state index contributed by atoms with van der Waals surface area (Å²) in [6.45, 7) is 9.38. The highest BCUT2D eigenvalue weighted by Crippen LogP contribution is 2.45. The molecule has 358 valence electrons. The number of H-pyrrole nitrogens is 2. The van der Waals surface area contributed by atoms with Crippen molar-refractivity contribution >= 4 is 57.8 Å². The highest BCUT2D eigenvalue weighted by Gasteiger charge is 2.33. The van der Waals surface area contributed by atoms with Gasteiger partial charge < -0.3 is 59.7 Å². The van der Waals surface area contributed by atoms with Crippen LogP contribution < -0.4 is 40.2 Å². The summed E-state index contributed by atoms with van der Waals surface area (Å²) in [6.07, 6.45) is 10.2. The van der Waals surface area contributed by atoms with Gasteiger partial charge in [-0.1, -0.05) is 35.3 Å². The van der Waals surface area contributed by atoms with Gasteiger partial charge in [0.15, 0.2) is 11.5 Å². The quantitative estimate of drug-likeness (QED) is 0.0571. The van der Waals surface area contributed by atoms with Gasteiger partial charge in [-0.25, -0.2) is 0 Å². The molecule has 1 fully saturated rings. The van der Waals surface area contributed by atoms with Gasteiger partial charge >= 0.3 is 0 Å². The SMILES string of the molecule is COc1c(Cl)cccc1Nc1c(-c2ccncc2OCC(C)(C)OC)[nH]c2c1C(=O)N[C@H](C)C2.COc1c(Cl)cccc1Nc1c(-c2ccncc2OC[C@@H]2CCCO2)[nH]c2c1C(=O)NC(C)C2. The minimum absolute atomic E-state index is 0.00992. The molecule has 0 aliphatic carbocycles. The van der Waals surface area contributed by atoms with Gasteiger partial charge in [0.1, 0.15) is 24.7 Å². The number of amides is 2. The molecule has 2 amide bonds. The molecule has 0 saturated carbocycles. The number of nitrogens with zero attached hydrogens (tertiary/aromatic N) is 2. The van der Waals surface area contributed by atoms with Crippen molar-refractivity contribution in [3.05, 3.63) is 106 Å². The second-order valence-electron chi connectivity index (χ2n) is 17.4. The molecule has 3 aliphatic rings. The summed E-state index contributed by atoms with van der Waals surface area (Å²) in [6, 6.07) is 14.6. The minimum Gasteiger partial charge on any atom is -0.493 e. The van der Waals surface area contributed by atoms with Gasteiger partial charge in [-0.3, -0.25) is 19.6 Å². The lowest BCUT2D eigenvalue weighted by Crippen LogP contribution is -2.39. The summed E-state index contributed by atoms with van der Waals surface area (Å²) in [5.74, 6) is 1.88. The molecule has 6 N–H and O–H groups in total. The number of hydrogen-bond donors (Lipinski definition) is 6. The molecule has 16 nitrogen and oxygen atoms in total. The topological polar surface area (TPSA) is 195 Å². The molecule has 18 heteroatoms. The molecular weight excluding hydrogens is 912 g/mol. The Bertz CT molecular complexity index is 2790. The number of rotatable bonds is 15. The summed E-state index contributed by atoms with van der Waals surface area (Å²) in [5.41, 5.74) is 7.89. The third-order valence-electron chi connectivity index (χ3n) is 11.9. The monoisotopic (exact) mass is 966 g/mol. The van der Waals surface area contributed by atoms with Crippen LogP contribution in [0, 0.1) is 0 Å². The molecule has 1 saturated heterocycles.